The molecule has 0 spiro atoms. The molecule has 0 radical (unpaired) electrons. The number of rotatable bonds is 4. The Morgan fingerprint density at radius 1 is 1.00 bits per heavy atom. The van der Waals surface area contributed by atoms with E-state index in [-0.39, 0.29) is 28.7 Å². The molecule has 0 atom stereocenters. The van der Waals surface area contributed by atoms with Gasteiger partial charge in [-0.25, -0.2) is 0 Å². The van der Waals surface area contributed by atoms with E-state index < -0.39 is 0 Å². The Kier molecular flexibility index (Phi) is 6.49. The number of hydrogen-bond donors (Lipinski definition) is 1. The van der Waals surface area contributed by atoms with E-state index in [1.807, 2.05) is 25.7 Å². The maximum absolute atomic E-state index is 12.5. The van der Waals surface area contributed by atoms with Crippen molar-refractivity contribution in [1.82, 2.24) is 15.1 Å². The molecule has 1 N–H and O–H groups in total. The van der Waals surface area contributed by atoms with Crippen LogP contribution in [-0.2, 0) is 14.3 Å². The van der Waals surface area contributed by atoms with Gasteiger partial charge in [-0.3, -0.25) is 14.5 Å². The Hall–Kier alpha value is -1.14. The van der Waals surface area contributed by atoms with Gasteiger partial charge in [-0.05, 0) is 26.7 Å². The van der Waals surface area contributed by atoms with Gasteiger partial charge >= 0.3 is 0 Å². The highest BCUT2D eigenvalue weighted by molar-refractivity contribution is 5.82. The van der Waals surface area contributed by atoms with Crippen molar-refractivity contribution in [2.45, 2.75) is 53.0 Å². The summed E-state index contributed by atoms with van der Waals surface area (Å²) in [7, 11) is 0. The van der Waals surface area contributed by atoms with Crippen LogP contribution in [0.4, 0.5) is 0 Å². The van der Waals surface area contributed by atoms with Crippen LogP contribution in [0.3, 0.4) is 0 Å². The van der Waals surface area contributed by atoms with Crippen LogP contribution >= 0.6 is 0 Å². The molecule has 2 amide bonds. The number of likely N-dealkylation sites (tertiary alicyclic amines) is 1. The van der Waals surface area contributed by atoms with E-state index in [2.05, 4.69) is 24.1 Å². The second kappa shape index (κ2) is 8.04. The second-order valence-electron chi connectivity index (χ2n) is 8.95. The summed E-state index contributed by atoms with van der Waals surface area (Å²) in [6, 6.07) is 0. The quantitative estimate of drug-likeness (QED) is 0.832. The third-order valence-corrected chi connectivity index (χ3v) is 5.36. The molecule has 0 aromatic carbocycles. The number of hydrogen-bond acceptors (Lipinski definition) is 4. The van der Waals surface area contributed by atoms with E-state index in [9.17, 15) is 9.59 Å². The van der Waals surface area contributed by atoms with E-state index >= 15 is 0 Å². The summed E-state index contributed by atoms with van der Waals surface area (Å²) in [5, 5.41) is 3.14. The van der Waals surface area contributed by atoms with Crippen molar-refractivity contribution in [3.05, 3.63) is 0 Å². The lowest BCUT2D eigenvalue weighted by Gasteiger charge is -2.41. The van der Waals surface area contributed by atoms with Crippen LogP contribution in [0.25, 0.3) is 0 Å². The number of nitrogens with one attached hydrogen (secondary N) is 1. The first-order chi connectivity index (χ1) is 11.6. The number of carbonyl (C=O) groups excluding carboxylic acids is 2. The highest BCUT2D eigenvalue weighted by Crippen LogP contribution is 2.24. The van der Waals surface area contributed by atoms with E-state index in [0.29, 0.717) is 19.6 Å². The van der Waals surface area contributed by atoms with Gasteiger partial charge in [0.1, 0.15) is 0 Å². The highest BCUT2D eigenvalue weighted by Gasteiger charge is 2.33. The smallest absolute Gasteiger partial charge is 0.227 e. The van der Waals surface area contributed by atoms with E-state index in [0.717, 1.165) is 39.1 Å². The number of morpholine rings is 1. The van der Waals surface area contributed by atoms with Crippen molar-refractivity contribution in [3.63, 3.8) is 0 Å². The molecular formula is C19H35N3O3. The van der Waals surface area contributed by atoms with Gasteiger partial charge in [0.2, 0.25) is 11.8 Å². The molecule has 25 heavy (non-hydrogen) atoms. The maximum Gasteiger partial charge on any atom is 0.227 e. The molecule has 2 saturated heterocycles. The van der Waals surface area contributed by atoms with Crippen molar-refractivity contribution in [1.29, 1.82) is 0 Å². The standard InChI is InChI=1S/C19H35N3O3/c1-18(2,3)17(24)21-8-6-15(7-9-21)16(23)20-14-19(4,5)22-10-12-25-13-11-22/h15H,6-14H2,1-5H3,(H,20,23). The van der Waals surface area contributed by atoms with Gasteiger partial charge in [-0.1, -0.05) is 20.8 Å². The van der Waals surface area contributed by atoms with Crippen molar-refractivity contribution in [2.75, 3.05) is 45.9 Å². The molecule has 2 rings (SSSR count). The Morgan fingerprint density at radius 3 is 2.08 bits per heavy atom. The molecule has 6 nitrogen and oxygen atoms in total. The van der Waals surface area contributed by atoms with Gasteiger partial charge in [0.15, 0.2) is 0 Å². The van der Waals surface area contributed by atoms with Crippen LogP contribution in [0, 0.1) is 11.3 Å². The molecule has 2 heterocycles. The number of amides is 2. The SMILES string of the molecule is CC(C)(C)C(=O)N1CCC(C(=O)NCC(C)(C)N2CCOCC2)CC1. The third kappa shape index (κ3) is 5.42. The zero-order valence-corrected chi connectivity index (χ0v) is 16.6. The van der Waals surface area contributed by atoms with E-state index in [1.54, 1.807) is 0 Å². The predicted molar refractivity (Wildman–Crippen MR) is 98.2 cm³/mol. The Labute approximate surface area is 152 Å². The molecule has 0 aromatic heterocycles. The average Bonchev–Trinajstić information content (AvgIpc) is 2.59. The molecular weight excluding hydrogens is 318 g/mol. The van der Waals surface area contributed by atoms with Crippen molar-refractivity contribution < 1.29 is 14.3 Å². The number of nitrogens with zero attached hydrogens (tertiary/aromatic N) is 2. The lowest BCUT2D eigenvalue weighted by molar-refractivity contribution is -0.142. The molecule has 2 fully saturated rings. The second-order valence-corrected chi connectivity index (χ2v) is 8.95. The van der Waals surface area contributed by atoms with Crippen LogP contribution in [0.5, 0.6) is 0 Å². The number of piperidine rings is 1. The number of carbonyl (C=O) groups is 2. The first kappa shape index (κ1) is 20.2. The molecule has 0 saturated carbocycles. The minimum atomic E-state index is -0.350. The zero-order chi connectivity index (χ0) is 18.7. The largest absolute Gasteiger partial charge is 0.379 e. The Bertz CT molecular complexity index is 471. The van der Waals surface area contributed by atoms with Gasteiger partial charge < -0.3 is 15.0 Å². The zero-order valence-electron chi connectivity index (χ0n) is 16.6. The molecule has 0 aliphatic carbocycles. The molecule has 6 heteroatoms. The maximum atomic E-state index is 12.5. The van der Waals surface area contributed by atoms with Crippen LogP contribution in [0.1, 0.15) is 47.5 Å². The first-order valence-corrected chi connectivity index (χ1v) is 9.51. The summed E-state index contributed by atoms with van der Waals surface area (Å²) >= 11 is 0. The van der Waals surface area contributed by atoms with Crippen molar-refractivity contribution in [2.24, 2.45) is 11.3 Å². The molecule has 0 unspecified atom stereocenters. The van der Waals surface area contributed by atoms with Crippen molar-refractivity contribution >= 4 is 11.8 Å². The Balaban J connectivity index is 1.78. The normalized spacial score (nSPS) is 21.2. The topological polar surface area (TPSA) is 61.9 Å². The first-order valence-electron chi connectivity index (χ1n) is 9.51. The van der Waals surface area contributed by atoms with Crippen LogP contribution in [-0.4, -0.2) is 73.1 Å². The van der Waals surface area contributed by atoms with Gasteiger partial charge in [-0.2, -0.15) is 0 Å². The predicted octanol–water partition coefficient (Wildman–Crippen LogP) is 1.50. The monoisotopic (exact) mass is 353 g/mol. The molecule has 0 bridgehead atoms. The molecule has 2 aliphatic heterocycles. The third-order valence-electron chi connectivity index (χ3n) is 5.36. The summed E-state index contributed by atoms with van der Waals surface area (Å²) in [4.78, 5) is 29.2. The van der Waals surface area contributed by atoms with Gasteiger partial charge in [0.25, 0.3) is 0 Å². The van der Waals surface area contributed by atoms with E-state index in [4.69, 9.17) is 4.74 Å². The fraction of sp³-hybridized carbons (Fsp3) is 0.895. The Morgan fingerprint density at radius 2 is 1.56 bits per heavy atom. The van der Waals surface area contributed by atoms with Gasteiger partial charge in [-0.15, -0.1) is 0 Å². The number of ether oxygens (including phenoxy) is 1. The summed E-state index contributed by atoms with van der Waals surface area (Å²) < 4.78 is 5.41. The summed E-state index contributed by atoms with van der Waals surface area (Å²) in [5.41, 5.74) is -0.417. The van der Waals surface area contributed by atoms with E-state index in [1.165, 1.54) is 0 Å². The summed E-state index contributed by atoms with van der Waals surface area (Å²) in [6.45, 7) is 15.5. The van der Waals surface area contributed by atoms with Gasteiger partial charge in [0, 0.05) is 49.6 Å². The lowest BCUT2D eigenvalue weighted by atomic mass is 9.90. The van der Waals surface area contributed by atoms with Gasteiger partial charge in [0.05, 0.1) is 13.2 Å². The average molecular weight is 354 g/mol. The lowest BCUT2D eigenvalue weighted by Crippen LogP contribution is -2.56. The summed E-state index contributed by atoms with van der Waals surface area (Å²) in [5.74, 6) is 0.327. The molecule has 2 aliphatic rings. The highest BCUT2D eigenvalue weighted by atomic mass is 16.5. The summed E-state index contributed by atoms with van der Waals surface area (Å²) in [6.07, 6.45) is 1.51. The molecule has 0 aromatic rings. The fourth-order valence-corrected chi connectivity index (χ4v) is 3.55. The van der Waals surface area contributed by atoms with Crippen LogP contribution in [0.2, 0.25) is 0 Å². The fourth-order valence-electron chi connectivity index (χ4n) is 3.55. The van der Waals surface area contributed by atoms with Crippen LogP contribution < -0.4 is 5.32 Å². The van der Waals surface area contributed by atoms with Crippen molar-refractivity contribution in [3.8, 4) is 0 Å². The molecule has 144 valence electrons. The van der Waals surface area contributed by atoms with Crippen LogP contribution in [0.15, 0.2) is 0 Å². The minimum absolute atomic E-state index is 0.0181. The minimum Gasteiger partial charge on any atom is -0.379 e.